The molecule has 0 amide bonds. The number of nitro groups is 1. The minimum Gasteiger partial charge on any atom is -0.461 e. The van der Waals surface area contributed by atoms with Crippen molar-refractivity contribution in [3.8, 4) is 0 Å². The molecule has 1 aliphatic carbocycles. The van der Waals surface area contributed by atoms with E-state index in [1.165, 1.54) is 19.1 Å². The van der Waals surface area contributed by atoms with Crippen LogP contribution in [-0.2, 0) is 32.5 Å². The number of hydrogen-bond donors (Lipinski definition) is 1. The van der Waals surface area contributed by atoms with Gasteiger partial charge in [-0.15, -0.1) is 0 Å². The molecule has 2 atom stereocenters. The fourth-order valence-electron chi connectivity index (χ4n) is 2.95. The van der Waals surface area contributed by atoms with Gasteiger partial charge in [-0.3, -0.25) is 10.1 Å². The second kappa shape index (κ2) is 7.23. The van der Waals surface area contributed by atoms with Crippen LogP contribution in [0.15, 0.2) is 18.2 Å². The third-order valence-corrected chi connectivity index (χ3v) is 6.07. The van der Waals surface area contributed by atoms with E-state index in [0.717, 1.165) is 6.07 Å². The molecule has 1 aliphatic rings. The molecule has 1 unspecified atom stereocenters. The molecule has 2 rings (SSSR count). The third kappa shape index (κ3) is 3.73. The number of nitrogens with one attached hydrogen (secondary N) is 1. The number of nitro benzene ring substituents is 1. The molecule has 0 fully saturated rings. The van der Waals surface area contributed by atoms with Gasteiger partial charge in [-0.25, -0.2) is 13.7 Å². The normalized spacial score (nSPS) is 20.8. The number of benzene rings is 1. The zero-order valence-corrected chi connectivity index (χ0v) is 16.3. The lowest BCUT2D eigenvalue weighted by molar-refractivity contribution is -0.385. The Morgan fingerprint density at radius 3 is 2.56 bits per heavy atom. The van der Waals surface area contributed by atoms with Crippen LogP contribution in [-0.4, -0.2) is 32.4 Å². The van der Waals surface area contributed by atoms with E-state index in [9.17, 15) is 19.1 Å². The number of nitrogens with zero attached hydrogens (tertiary/aromatic N) is 1. The molecular weight excluding hydrogens is 382 g/mol. The summed E-state index contributed by atoms with van der Waals surface area (Å²) in [5, 5.41) is 11.1. The number of hydrogen-bond acceptors (Lipinski definition) is 5. The molecule has 0 saturated heterocycles. The molecule has 1 aromatic carbocycles. The molecule has 0 bridgehead atoms. The Bertz CT molecular complexity index is 794. The second-order valence-corrected chi connectivity index (χ2v) is 9.25. The topological polar surface area (TPSA) is 98.5 Å². The Balaban J connectivity index is 2.68. The molecule has 0 spiro atoms. The van der Waals surface area contributed by atoms with Gasteiger partial charge in [0.2, 0.25) is 0 Å². The van der Waals surface area contributed by atoms with E-state index in [1.54, 1.807) is 20.8 Å². The first kappa shape index (κ1) is 21.4. The monoisotopic (exact) mass is 404 g/mol. The highest BCUT2D eigenvalue weighted by Crippen LogP contribution is 2.49. The van der Waals surface area contributed by atoms with Crippen LogP contribution >= 0.6 is 0 Å². The van der Waals surface area contributed by atoms with Crippen LogP contribution in [0.4, 0.5) is 14.5 Å². The number of halogens is 2. The van der Waals surface area contributed by atoms with E-state index >= 15 is 8.78 Å². The molecule has 10 heteroatoms. The maximum Gasteiger partial charge on any atom is 0.379 e. The minimum absolute atomic E-state index is 0.104. The molecule has 0 heterocycles. The molecule has 0 aromatic heterocycles. The smallest absolute Gasteiger partial charge is 0.379 e. The van der Waals surface area contributed by atoms with Crippen LogP contribution in [0.3, 0.4) is 0 Å². The average Bonchev–Trinajstić information content (AvgIpc) is 2.93. The van der Waals surface area contributed by atoms with Crippen molar-refractivity contribution in [1.29, 1.82) is 0 Å². The predicted molar refractivity (Wildman–Crippen MR) is 95.7 cm³/mol. The average molecular weight is 404 g/mol. The predicted octanol–water partition coefficient (Wildman–Crippen LogP) is 2.99. The number of carbonyl (C=O) groups excluding carboxylic acids is 1. The van der Waals surface area contributed by atoms with Crippen molar-refractivity contribution in [2.45, 2.75) is 56.7 Å². The first-order valence-corrected chi connectivity index (χ1v) is 9.54. The van der Waals surface area contributed by atoms with Crippen molar-refractivity contribution < 1.29 is 27.4 Å². The number of esters is 1. The van der Waals surface area contributed by atoms with Crippen molar-refractivity contribution in [2.24, 2.45) is 0 Å². The van der Waals surface area contributed by atoms with Gasteiger partial charge in [0, 0.05) is 12.1 Å². The number of alkyl halides is 2. The van der Waals surface area contributed by atoms with E-state index in [-0.39, 0.29) is 30.7 Å². The van der Waals surface area contributed by atoms with E-state index in [1.807, 2.05) is 0 Å². The summed E-state index contributed by atoms with van der Waals surface area (Å²) in [7, 11) is -1.97. The lowest BCUT2D eigenvalue weighted by atomic mass is 9.85. The van der Waals surface area contributed by atoms with Gasteiger partial charge in [0.1, 0.15) is 5.54 Å². The van der Waals surface area contributed by atoms with Gasteiger partial charge < -0.3 is 4.74 Å². The summed E-state index contributed by atoms with van der Waals surface area (Å²) < 4.78 is 49.3. The largest absolute Gasteiger partial charge is 0.461 e. The summed E-state index contributed by atoms with van der Waals surface area (Å²) in [5.74, 6) is -5.84. The van der Waals surface area contributed by atoms with Gasteiger partial charge in [-0.2, -0.15) is 8.78 Å². The number of ether oxygens (including phenoxy) is 1. The lowest BCUT2D eigenvalue weighted by Gasteiger charge is -2.38. The molecule has 150 valence electrons. The van der Waals surface area contributed by atoms with Gasteiger partial charge in [0.25, 0.3) is 5.69 Å². The number of fused-ring (bicyclic) bond motifs is 1. The Morgan fingerprint density at radius 1 is 1.41 bits per heavy atom. The summed E-state index contributed by atoms with van der Waals surface area (Å²) >= 11 is 0. The highest BCUT2D eigenvalue weighted by molar-refractivity contribution is 7.84. The summed E-state index contributed by atoms with van der Waals surface area (Å²) in [6, 6.07) is 3.62. The zero-order chi connectivity index (χ0) is 20.6. The van der Waals surface area contributed by atoms with Crippen LogP contribution < -0.4 is 4.72 Å². The van der Waals surface area contributed by atoms with E-state index in [2.05, 4.69) is 9.46 Å². The van der Waals surface area contributed by atoms with Crippen LogP contribution in [0.2, 0.25) is 0 Å². The molecule has 1 N–H and O–H groups in total. The molecule has 0 aliphatic heterocycles. The summed E-state index contributed by atoms with van der Waals surface area (Å²) in [6.07, 6.45) is -0.103. The highest BCUT2D eigenvalue weighted by Gasteiger charge is 2.64. The molecular formula is C17H22F2N2O5S. The molecule has 0 saturated carbocycles. The molecule has 27 heavy (non-hydrogen) atoms. The van der Waals surface area contributed by atoms with Crippen molar-refractivity contribution in [2.75, 3.05) is 6.61 Å². The fourth-order valence-corrected chi connectivity index (χ4v) is 3.92. The van der Waals surface area contributed by atoms with Gasteiger partial charge >= 0.3 is 11.9 Å². The first-order chi connectivity index (χ1) is 12.4. The second-order valence-electron chi connectivity index (χ2n) is 7.28. The Hall–Kier alpha value is -1.94. The highest BCUT2D eigenvalue weighted by atomic mass is 32.2. The lowest BCUT2D eigenvalue weighted by Crippen LogP contribution is -2.61. The molecule has 7 nitrogen and oxygen atoms in total. The van der Waals surface area contributed by atoms with Gasteiger partial charge in [-0.1, -0.05) is 6.07 Å². The van der Waals surface area contributed by atoms with Crippen LogP contribution in [0, 0.1) is 10.1 Å². The summed E-state index contributed by atoms with van der Waals surface area (Å²) in [5.41, 5.74) is -2.42. The summed E-state index contributed by atoms with van der Waals surface area (Å²) in [4.78, 5) is 22.5. The molecule has 0 radical (unpaired) electrons. The quantitative estimate of drug-likeness (QED) is 0.446. The van der Waals surface area contributed by atoms with Crippen LogP contribution in [0.1, 0.15) is 45.2 Å². The van der Waals surface area contributed by atoms with Crippen molar-refractivity contribution in [3.05, 3.63) is 39.4 Å². The SMILES string of the molecule is CCOC(=O)C(F)(F)[C@@]1(NS(=O)C(C)(C)C)CCc2ccc([N+](=O)[O-])cc21. The zero-order valence-electron chi connectivity index (χ0n) is 15.5. The number of aryl methyl sites for hydroxylation is 1. The molecule has 1 aromatic rings. The summed E-state index contributed by atoms with van der Waals surface area (Å²) in [6.45, 7) is 5.92. The Kier molecular flexibility index (Phi) is 5.72. The van der Waals surface area contributed by atoms with E-state index < -0.39 is 38.1 Å². The number of carbonyl (C=O) groups is 1. The number of non-ortho nitro benzene ring substituents is 1. The van der Waals surface area contributed by atoms with Gasteiger partial charge in [0.15, 0.2) is 0 Å². The van der Waals surface area contributed by atoms with Crippen molar-refractivity contribution in [1.82, 2.24) is 4.72 Å². The standard InChI is InChI=1S/C17H22F2N2O5S/c1-5-26-14(22)17(18,19)16(20-27(25)15(2,3)4)9-8-11-6-7-12(21(23)24)10-13(11)16/h6-7,10,20H,5,8-9H2,1-4H3/t16-,27?/m1/s1. The maximum absolute atomic E-state index is 15.3. The van der Waals surface area contributed by atoms with Gasteiger partial charge in [0.05, 0.1) is 27.3 Å². The van der Waals surface area contributed by atoms with E-state index in [0.29, 0.717) is 5.56 Å². The van der Waals surface area contributed by atoms with E-state index in [4.69, 9.17) is 0 Å². The van der Waals surface area contributed by atoms with Crippen LogP contribution in [0.5, 0.6) is 0 Å². The van der Waals surface area contributed by atoms with Crippen molar-refractivity contribution in [3.63, 3.8) is 0 Å². The van der Waals surface area contributed by atoms with Crippen LogP contribution in [0.25, 0.3) is 0 Å². The fraction of sp³-hybridized carbons (Fsp3) is 0.588. The third-order valence-electron chi connectivity index (χ3n) is 4.42. The minimum atomic E-state index is -4.08. The first-order valence-electron chi connectivity index (χ1n) is 8.39. The Labute approximate surface area is 158 Å². The number of rotatable bonds is 6. The van der Waals surface area contributed by atoms with Crippen molar-refractivity contribution >= 4 is 22.6 Å². The van der Waals surface area contributed by atoms with Gasteiger partial charge in [-0.05, 0) is 51.7 Å². The Morgan fingerprint density at radius 2 is 2.04 bits per heavy atom. The maximum atomic E-state index is 15.3.